The summed E-state index contributed by atoms with van der Waals surface area (Å²) >= 11 is 0. The van der Waals surface area contributed by atoms with Crippen LogP contribution in [0.5, 0.6) is 0 Å². The number of nitrogens with zero attached hydrogens (tertiary/aromatic N) is 2. The summed E-state index contributed by atoms with van der Waals surface area (Å²) in [5.41, 5.74) is 3.49. The largest absolute Gasteiger partial charge is 0.416 e. The van der Waals surface area contributed by atoms with E-state index in [9.17, 15) is 13.2 Å². The van der Waals surface area contributed by atoms with E-state index in [0.717, 1.165) is 34.6 Å². The maximum Gasteiger partial charge on any atom is 0.416 e. The SMILES string of the molecule is Cc1ccc(Nc2ccc(C(F)(F)F)cc2)c(-c2cn(C)cn2)c1. The maximum absolute atomic E-state index is 12.6. The summed E-state index contributed by atoms with van der Waals surface area (Å²) in [6.45, 7) is 1.98. The minimum Gasteiger partial charge on any atom is -0.355 e. The molecule has 0 aliphatic rings. The second-order valence-corrected chi connectivity index (χ2v) is 5.67. The minimum absolute atomic E-state index is 0.587. The Labute approximate surface area is 137 Å². The normalized spacial score (nSPS) is 11.5. The number of benzene rings is 2. The van der Waals surface area contributed by atoms with E-state index < -0.39 is 11.7 Å². The Balaban J connectivity index is 1.93. The summed E-state index contributed by atoms with van der Waals surface area (Å²) < 4.78 is 39.8. The van der Waals surface area contributed by atoms with Gasteiger partial charge in [-0.2, -0.15) is 13.2 Å². The van der Waals surface area contributed by atoms with Crippen LogP contribution in [0.1, 0.15) is 11.1 Å². The van der Waals surface area contributed by atoms with Gasteiger partial charge in [-0.1, -0.05) is 11.6 Å². The Kier molecular flexibility index (Phi) is 4.05. The first-order chi connectivity index (χ1) is 11.3. The first-order valence-electron chi connectivity index (χ1n) is 7.36. The van der Waals surface area contributed by atoms with Crippen molar-refractivity contribution in [3.8, 4) is 11.3 Å². The highest BCUT2D eigenvalue weighted by atomic mass is 19.4. The number of halogens is 3. The lowest BCUT2D eigenvalue weighted by atomic mass is 10.1. The standard InChI is InChI=1S/C18H16F3N3/c1-12-3-8-16(15(9-12)17-10-24(2)11-22-17)23-14-6-4-13(5-7-14)18(19,20)21/h3-11,23H,1-2H3. The number of aryl methyl sites for hydroxylation is 2. The number of rotatable bonds is 3. The van der Waals surface area contributed by atoms with Crippen LogP contribution in [0.2, 0.25) is 0 Å². The van der Waals surface area contributed by atoms with Crippen molar-refractivity contribution in [3.63, 3.8) is 0 Å². The Hall–Kier alpha value is -2.76. The minimum atomic E-state index is -4.33. The lowest BCUT2D eigenvalue weighted by Crippen LogP contribution is -2.04. The third-order valence-corrected chi connectivity index (χ3v) is 3.65. The highest BCUT2D eigenvalue weighted by Crippen LogP contribution is 2.33. The van der Waals surface area contributed by atoms with Crippen LogP contribution in [0.4, 0.5) is 24.5 Å². The smallest absolute Gasteiger partial charge is 0.355 e. The van der Waals surface area contributed by atoms with Gasteiger partial charge in [0.25, 0.3) is 0 Å². The third-order valence-electron chi connectivity index (χ3n) is 3.65. The second-order valence-electron chi connectivity index (χ2n) is 5.67. The zero-order chi connectivity index (χ0) is 17.3. The molecule has 3 nitrogen and oxygen atoms in total. The maximum atomic E-state index is 12.6. The number of aromatic nitrogens is 2. The molecule has 0 fully saturated rings. The summed E-state index contributed by atoms with van der Waals surface area (Å²) in [6.07, 6.45) is -0.728. The molecule has 0 aliphatic heterocycles. The Morgan fingerprint density at radius 1 is 1.04 bits per heavy atom. The van der Waals surface area contributed by atoms with Crippen molar-refractivity contribution in [2.45, 2.75) is 13.1 Å². The van der Waals surface area contributed by atoms with Gasteiger partial charge in [0.2, 0.25) is 0 Å². The molecule has 0 amide bonds. The summed E-state index contributed by atoms with van der Waals surface area (Å²) in [6, 6.07) is 10.8. The molecule has 0 saturated carbocycles. The van der Waals surface area contributed by atoms with Crippen molar-refractivity contribution in [2.75, 3.05) is 5.32 Å². The quantitative estimate of drug-likeness (QED) is 0.718. The average Bonchev–Trinajstić information content (AvgIpc) is 2.95. The molecule has 1 N–H and O–H groups in total. The van der Waals surface area contributed by atoms with Crippen LogP contribution >= 0.6 is 0 Å². The van der Waals surface area contributed by atoms with Gasteiger partial charge in [0.05, 0.1) is 17.6 Å². The van der Waals surface area contributed by atoms with Crippen LogP contribution in [0.25, 0.3) is 11.3 Å². The fraction of sp³-hybridized carbons (Fsp3) is 0.167. The monoisotopic (exact) mass is 331 g/mol. The highest BCUT2D eigenvalue weighted by Gasteiger charge is 2.29. The zero-order valence-corrected chi connectivity index (χ0v) is 13.2. The molecule has 3 aromatic rings. The molecule has 3 rings (SSSR count). The predicted octanol–water partition coefficient (Wildman–Crippen LogP) is 5.16. The molecular weight excluding hydrogens is 315 g/mol. The summed E-state index contributed by atoms with van der Waals surface area (Å²) in [5, 5.41) is 3.17. The van der Waals surface area contributed by atoms with Crippen LogP contribution in [0.3, 0.4) is 0 Å². The van der Waals surface area contributed by atoms with E-state index >= 15 is 0 Å². The Morgan fingerprint density at radius 3 is 2.33 bits per heavy atom. The number of hydrogen-bond donors (Lipinski definition) is 1. The highest BCUT2D eigenvalue weighted by molar-refractivity contribution is 5.79. The van der Waals surface area contributed by atoms with Crippen molar-refractivity contribution >= 4 is 11.4 Å². The van der Waals surface area contributed by atoms with E-state index in [2.05, 4.69) is 10.3 Å². The van der Waals surface area contributed by atoms with Gasteiger partial charge in [0.1, 0.15) is 0 Å². The Morgan fingerprint density at radius 2 is 1.75 bits per heavy atom. The predicted molar refractivity (Wildman–Crippen MR) is 88.1 cm³/mol. The number of nitrogens with one attached hydrogen (secondary N) is 1. The van der Waals surface area contributed by atoms with Crippen LogP contribution in [0.15, 0.2) is 55.0 Å². The Bertz CT molecular complexity index is 849. The number of anilines is 2. The lowest BCUT2D eigenvalue weighted by Gasteiger charge is -2.13. The first-order valence-corrected chi connectivity index (χ1v) is 7.36. The zero-order valence-electron chi connectivity index (χ0n) is 13.2. The van der Waals surface area contributed by atoms with Gasteiger partial charge in [0, 0.05) is 30.2 Å². The van der Waals surface area contributed by atoms with Crippen molar-refractivity contribution < 1.29 is 13.2 Å². The van der Waals surface area contributed by atoms with E-state index in [-0.39, 0.29) is 0 Å². The first kappa shape index (κ1) is 16.1. The van der Waals surface area contributed by atoms with Gasteiger partial charge in [-0.05, 0) is 43.3 Å². The molecule has 124 valence electrons. The molecule has 1 heterocycles. The van der Waals surface area contributed by atoms with Crippen molar-refractivity contribution in [2.24, 2.45) is 7.05 Å². The molecule has 0 saturated heterocycles. The average molecular weight is 331 g/mol. The van der Waals surface area contributed by atoms with Crippen molar-refractivity contribution in [1.29, 1.82) is 0 Å². The van der Waals surface area contributed by atoms with Gasteiger partial charge in [-0.25, -0.2) is 4.98 Å². The summed E-state index contributed by atoms with van der Waals surface area (Å²) in [5.74, 6) is 0. The number of imidazole rings is 1. The molecule has 0 aliphatic carbocycles. The van der Waals surface area contributed by atoms with E-state index in [1.807, 2.05) is 42.9 Å². The van der Waals surface area contributed by atoms with E-state index in [1.54, 1.807) is 6.33 Å². The van der Waals surface area contributed by atoms with Gasteiger partial charge < -0.3 is 9.88 Å². The van der Waals surface area contributed by atoms with Gasteiger partial charge in [-0.3, -0.25) is 0 Å². The van der Waals surface area contributed by atoms with Gasteiger partial charge in [-0.15, -0.1) is 0 Å². The number of alkyl halides is 3. The molecule has 24 heavy (non-hydrogen) atoms. The molecule has 0 spiro atoms. The van der Waals surface area contributed by atoms with Crippen LogP contribution in [0, 0.1) is 6.92 Å². The second kappa shape index (κ2) is 6.03. The summed E-state index contributed by atoms with van der Waals surface area (Å²) in [7, 11) is 1.88. The van der Waals surface area contributed by atoms with Crippen LogP contribution in [-0.2, 0) is 13.2 Å². The molecule has 6 heteroatoms. The molecular formula is C18H16F3N3. The fourth-order valence-electron chi connectivity index (χ4n) is 2.43. The lowest BCUT2D eigenvalue weighted by molar-refractivity contribution is -0.137. The van der Waals surface area contributed by atoms with Crippen molar-refractivity contribution in [1.82, 2.24) is 9.55 Å². The number of hydrogen-bond acceptors (Lipinski definition) is 2. The van der Waals surface area contributed by atoms with E-state index in [0.29, 0.717) is 5.69 Å². The molecule has 0 bridgehead atoms. The molecule has 1 aromatic heterocycles. The molecule has 0 atom stereocenters. The van der Waals surface area contributed by atoms with Gasteiger partial charge >= 0.3 is 6.18 Å². The van der Waals surface area contributed by atoms with Crippen molar-refractivity contribution in [3.05, 3.63) is 66.1 Å². The van der Waals surface area contributed by atoms with E-state index in [4.69, 9.17) is 0 Å². The third kappa shape index (κ3) is 3.42. The summed E-state index contributed by atoms with van der Waals surface area (Å²) in [4.78, 5) is 4.35. The molecule has 0 radical (unpaired) electrons. The van der Waals surface area contributed by atoms with E-state index in [1.165, 1.54) is 12.1 Å². The molecule has 0 unspecified atom stereocenters. The van der Waals surface area contributed by atoms with Gasteiger partial charge in [0.15, 0.2) is 0 Å². The van der Waals surface area contributed by atoms with Crippen LogP contribution in [-0.4, -0.2) is 9.55 Å². The fourth-order valence-corrected chi connectivity index (χ4v) is 2.43. The topological polar surface area (TPSA) is 29.9 Å². The molecule has 2 aromatic carbocycles. The van der Waals surface area contributed by atoms with Crippen LogP contribution < -0.4 is 5.32 Å².